The lowest BCUT2D eigenvalue weighted by Gasteiger charge is -2.09. The number of benzene rings is 2. The van der Waals surface area contributed by atoms with Crippen molar-refractivity contribution in [3.8, 4) is 5.75 Å². The van der Waals surface area contributed by atoms with Crippen LogP contribution in [0, 0.1) is 27.7 Å². The molecule has 0 spiro atoms. The number of carbonyl (C=O) groups is 1. The Bertz CT molecular complexity index is 1290. The van der Waals surface area contributed by atoms with Gasteiger partial charge in [0.2, 0.25) is 0 Å². The molecule has 2 aromatic heterocycles. The number of hydrogen-bond acceptors (Lipinski definition) is 5. The van der Waals surface area contributed by atoms with Crippen molar-refractivity contribution in [3.63, 3.8) is 0 Å². The molecule has 2 heterocycles. The molecule has 0 atom stereocenters. The summed E-state index contributed by atoms with van der Waals surface area (Å²) in [6, 6.07) is 15.5. The van der Waals surface area contributed by atoms with Crippen molar-refractivity contribution in [1.82, 2.24) is 14.9 Å². The summed E-state index contributed by atoms with van der Waals surface area (Å²) in [5.41, 5.74) is 5.32. The van der Waals surface area contributed by atoms with E-state index < -0.39 is 0 Å². The molecule has 170 valence electrons. The molecule has 0 bridgehead atoms. The van der Waals surface area contributed by atoms with Crippen molar-refractivity contribution < 1.29 is 14.1 Å². The molecular formula is C25H25ClN4O3. The molecule has 0 unspecified atom stereocenters. The standard InChI is InChI=1S/C25H25ClN4O3/c1-15-9-11-19(12-10-15)13-30-17(3)23(16(2)28-30)27-25(31)24-20(18(4)33-29-24)14-32-22-8-6-5-7-21(22)26/h5-12H,13-14H2,1-4H3,(H,27,31). The lowest BCUT2D eigenvalue weighted by Crippen LogP contribution is -2.16. The Hall–Kier alpha value is -3.58. The molecule has 0 saturated heterocycles. The average molecular weight is 465 g/mol. The fourth-order valence-corrected chi connectivity index (χ4v) is 3.71. The van der Waals surface area contributed by atoms with Crippen LogP contribution in [-0.2, 0) is 13.2 Å². The molecule has 0 saturated carbocycles. The number of para-hydroxylation sites is 1. The van der Waals surface area contributed by atoms with E-state index in [4.69, 9.17) is 20.9 Å². The number of anilines is 1. The number of aryl methyl sites for hydroxylation is 3. The smallest absolute Gasteiger partial charge is 0.278 e. The maximum absolute atomic E-state index is 13.1. The summed E-state index contributed by atoms with van der Waals surface area (Å²) in [7, 11) is 0. The highest BCUT2D eigenvalue weighted by atomic mass is 35.5. The molecule has 0 aliphatic carbocycles. The van der Waals surface area contributed by atoms with Gasteiger partial charge in [-0.3, -0.25) is 9.48 Å². The topological polar surface area (TPSA) is 82.2 Å². The molecule has 0 fully saturated rings. The van der Waals surface area contributed by atoms with E-state index in [2.05, 4.69) is 46.8 Å². The molecule has 4 rings (SSSR count). The molecule has 33 heavy (non-hydrogen) atoms. The number of hydrogen-bond donors (Lipinski definition) is 1. The minimum atomic E-state index is -0.384. The van der Waals surface area contributed by atoms with Crippen molar-refractivity contribution in [2.24, 2.45) is 0 Å². The molecule has 0 aliphatic rings. The largest absolute Gasteiger partial charge is 0.487 e. The zero-order valence-electron chi connectivity index (χ0n) is 19.0. The Morgan fingerprint density at radius 1 is 1.09 bits per heavy atom. The van der Waals surface area contributed by atoms with Gasteiger partial charge in [-0.2, -0.15) is 5.10 Å². The Labute approximate surface area is 197 Å². The molecule has 7 nitrogen and oxygen atoms in total. The van der Waals surface area contributed by atoms with Gasteiger partial charge in [-0.1, -0.05) is 58.7 Å². The van der Waals surface area contributed by atoms with Crippen molar-refractivity contribution in [2.75, 3.05) is 5.32 Å². The van der Waals surface area contributed by atoms with Gasteiger partial charge in [0.1, 0.15) is 18.1 Å². The quantitative estimate of drug-likeness (QED) is 0.383. The van der Waals surface area contributed by atoms with E-state index in [9.17, 15) is 4.79 Å². The maximum atomic E-state index is 13.1. The van der Waals surface area contributed by atoms with Crippen LogP contribution in [0.25, 0.3) is 0 Å². The summed E-state index contributed by atoms with van der Waals surface area (Å²) in [6.07, 6.45) is 0. The van der Waals surface area contributed by atoms with E-state index >= 15 is 0 Å². The number of carbonyl (C=O) groups excluding carboxylic acids is 1. The highest BCUT2D eigenvalue weighted by molar-refractivity contribution is 6.32. The second-order valence-electron chi connectivity index (χ2n) is 7.93. The molecule has 2 aromatic carbocycles. The number of aromatic nitrogens is 3. The van der Waals surface area contributed by atoms with Gasteiger partial charge in [0.15, 0.2) is 5.69 Å². The summed E-state index contributed by atoms with van der Waals surface area (Å²) in [5, 5.41) is 12.0. The summed E-state index contributed by atoms with van der Waals surface area (Å²) in [6.45, 7) is 8.31. The second kappa shape index (κ2) is 9.50. The first-order chi connectivity index (χ1) is 15.8. The molecule has 8 heteroatoms. The van der Waals surface area contributed by atoms with Crippen LogP contribution < -0.4 is 10.1 Å². The predicted molar refractivity (Wildman–Crippen MR) is 127 cm³/mol. The maximum Gasteiger partial charge on any atom is 0.278 e. The Kier molecular flexibility index (Phi) is 6.51. The Morgan fingerprint density at radius 3 is 2.55 bits per heavy atom. The molecule has 4 aromatic rings. The fourth-order valence-electron chi connectivity index (χ4n) is 3.52. The first-order valence-electron chi connectivity index (χ1n) is 10.6. The van der Waals surface area contributed by atoms with Gasteiger partial charge >= 0.3 is 0 Å². The van der Waals surface area contributed by atoms with Crippen LogP contribution in [0.4, 0.5) is 5.69 Å². The van der Waals surface area contributed by atoms with Crippen molar-refractivity contribution in [2.45, 2.75) is 40.8 Å². The number of nitrogens with one attached hydrogen (secondary N) is 1. The zero-order valence-corrected chi connectivity index (χ0v) is 19.7. The summed E-state index contributed by atoms with van der Waals surface area (Å²) in [5.74, 6) is 0.650. The molecular weight excluding hydrogens is 440 g/mol. The molecule has 0 aliphatic heterocycles. The summed E-state index contributed by atoms with van der Waals surface area (Å²) in [4.78, 5) is 13.1. The first-order valence-corrected chi connectivity index (χ1v) is 10.9. The van der Waals surface area contributed by atoms with E-state index in [1.54, 1.807) is 19.1 Å². The van der Waals surface area contributed by atoms with Crippen LogP contribution in [0.5, 0.6) is 5.75 Å². The third-order valence-electron chi connectivity index (χ3n) is 5.48. The monoisotopic (exact) mass is 464 g/mol. The van der Waals surface area contributed by atoms with Crippen LogP contribution in [0.3, 0.4) is 0 Å². The van der Waals surface area contributed by atoms with E-state index in [0.717, 1.165) is 17.0 Å². The SMILES string of the molecule is Cc1ccc(Cn2nc(C)c(NC(=O)c3noc(C)c3COc3ccccc3Cl)c2C)cc1. The van der Waals surface area contributed by atoms with E-state index in [0.29, 0.717) is 34.3 Å². The Morgan fingerprint density at radius 2 is 1.82 bits per heavy atom. The van der Waals surface area contributed by atoms with Gasteiger partial charge in [0, 0.05) is 0 Å². The van der Waals surface area contributed by atoms with Gasteiger partial charge in [-0.15, -0.1) is 0 Å². The van der Waals surface area contributed by atoms with Crippen molar-refractivity contribution in [1.29, 1.82) is 0 Å². The first kappa shape index (κ1) is 22.6. The van der Waals surface area contributed by atoms with E-state index in [-0.39, 0.29) is 18.2 Å². The van der Waals surface area contributed by atoms with E-state index in [1.165, 1.54) is 5.56 Å². The lowest BCUT2D eigenvalue weighted by molar-refractivity contribution is 0.101. The average Bonchev–Trinajstić information content (AvgIpc) is 3.29. The molecule has 0 radical (unpaired) electrons. The second-order valence-corrected chi connectivity index (χ2v) is 8.34. The van der Waals surface area contributed by atoms with E-state index in [1.807, 2.05) is 30.7 Å². The van der Waals surface area contributed by atoms with Crippen molar-refractivity contribution >= 4 is 23.2 Å². The molecule has 1 N–H and O–H groups in total. The van der Waals surface area contributed by atoms with Gasteiger partial charge in [0.05, 0.1) is 34.2 Å². The van der Waals surface area contributed by atoms with Crippen LogP contribution in [-0.4, -0.2) is 20.8 Å². The minimum Gasteiger partial charge on any atom is -0.487 e. The highest BCUT2D eigenvalue weighted by Gasteiger charge is 2.23. The van der Waals surface area contributed by atoms with Gasteiger partial charge in [0.25, 0.3) is 5.91 Å². The van der Waals surface area contributed by atoms with Crippen LogP contribution in [0.2, 0.25) is 5.02 Å². The van der Waals surface area contributed by atoms with Crippen LogP contribution >= 0.6 is 11.6 Å². The Balaban J connectivity index is 1.51. The van der Waals surface area contributed by atoms with Gasteiger partial charge in [-0.25, -0.2) is 0 Å². The minimum absolute atomic E-state index is 0.104. The third kappa shape index (κ3) is 4.93. The van der Waals surface area contributed by atoms with Gasteiger partial charge in [-0.05, 0) is 45.4 Å². The highest BCUT2D eigenvalue weighted by Crippen LogP contribution is 2.26. The van der Waals surface area contributed by atoms with Crippen LogP contribution in [0.15, 0.2) is 53.1 Å². The number of halogens is 1. The zero-order chi connectivity index (χ0) is 23.5. The fraction of sp³-hybridized carbons (Fsp3) is 0.240. The summed E-state index contributed by atoms with van der Waals surface area (Å²) < 4.78 is 13.0. The van der Waals surface area contributed by atoms with Crippen LogP contribution in [0.1, 0.15) is 44.3 Å². The van der Waals surface area contributed by atoms with Gasteiger partial charge < -0.3 is 14.6 Å². The third-order valence-corrected chi connectivity index (χ3v) is 5.79. The number of ether oxygens (including phenoxy) is 1. The normalized spacial score (nSPS) is 10.9. The predicted octanol–water partition coefficient (Wildman–Crippen LogP) is 5.64. The lowest BCUT2D eigenvalue weighted by atomic mass is 10.1. The van der Waals surface area contributed by atoms with Crippen molar-refractivity contribution in [3.05, 3.63) is 93.1 Å². The molecule has 1 amide bonds. The summed E-state index contributed by atoms with van der Waals surface area (Å²) >= 11 is 6.16. The number of rotatable bonds is 7. The number of amides is 1. The number of nitrogens with zero attached hydrogens (tertiary/aromatic N) is 3.